The first kappa shape index (κ1) is 38.7. The quantitative estimate of drug-likeness (QED) is 0.0791. The molecule has 256 valence electrons. The topological polar surface area (TPSA) is 115 Å². The third kappa shape index (κ3) is 10.8. The van der Waals surface area contributed by atoms with Gasteiger partial charge in [0, 0.05) is 22.5 Å². The van der Waals surface area contributed by atoms with E-state index >= 15 is 0 Å². The monoisotopic (exact) mass is 669 g/mol. The van der Waals surface area contributed by atoms with Crippen LogP contribution >= 0.6 is 11.8 Å². The normalized spacial score (nSPS) is 12.4. The maximum atomic E-state index is 14.8. The summed E-state index contributed by atoms with van der Waals surface area (Å²) in [6, 6.07) is 11.4. The Bertz CT molecular complexity index is 1460. The van der Waals surface area contributed by atoms with E-state index in [0.29, 0.717) is 28.9 Å². The highest BCUT2D eigenvalue weighted by molar-refractivity contribution is 7.98. The first-order chi connectivity index (χ1) is 22.1. The van der Waals surface area contributed by atoms with Gasteiger partial charge < -0.3 is 35.4 Å². The lowest BCUT2D eigenvalue weighted by Crippen LogP contribution is -2.38. The van der Waals surface area contributed by atoms with Crippen LogP contribution in [0.1, 0.15) is 46.4 Å². The Morgan fingerprint density at radius 2 is 1.80 bits per heavy atom. The van der Waals surface area contributed by atoms with Gasteiger partial charge in [-0.25, -0.2) is 4.39 Å². The van der Waals surface area contributed by atoms with E-state index in [0.717, 1.165) is 9.46 Å². The number of rotatable bonds is 14. The summed E-state index contributed by atoms with van der Waals surface area (Å²) in [5.41, 5.74) is 7.25. The van der Waals surface area contributed by atoms with Gasteiger partial charge >= 0.3 is 6.18 Å². The first-order valence-electron chi connectivity index (χ1n) is 15.3. The van der Waals surface area contributed by atoms with Gasteiger partial charge in [0.15, 0.2) is 0 Å². The van der Waals surface area contributed by atoms with Crippen LogP contribution in [-0.4, -0.2) is 66.7 Å². The Hall–Kier alpha value is -3.49. The van der Waals surface area contributed by atoms with E-state index < -0.39 is 24.9 Å². The Morgan fingerprint density at radius 3 is 2.41 bits per heavy atom. The van der Waals surface area contributed by atoms with Crippen molar-refractivity contribution in [3.05, 3.63) is 48.4 Å². The Labute approximate surface area is 273 Å². The number of nitrogens with zero attached hydrogens (tertiary/aromatic N) is 3. The van der Waals surface area contributed by atoms with Crippen molar-refractivity contribution in [2.75, 3.05) is 44.1 Å². The zero-order chi connectivity index (χ0) is 34.3. The molecule has 2 atom stereocenters. The number of hydrogen-bond donors (Lipinski definition) is 4. The molecule has 2 unspecified atom stereocenters. The molecule has 2 aromatic carbocycles. The van der Waals surface area contributed by atoms with Crippen molar-refractivity contribution in [3.63, 3.8) is 0 Å². The lowest BCUT2D eigenvalue weighted by molar-refractivity contribution is -0.139. The molecule has 0 amide bonds. The summed E-state index contributed by atoms with van der Waals surface area (Å²) >= 11 is 1.58. The molecule has 0 radical (unpaired) electrons. The van der Waals surface area contributed by atoms with Gasteiger partial charge in [-0.2, -0.15) is 13.2 Å². The standard InChI is InChI=1S/C27H33F4N7O2S.C3H8.C2H6/c1-33-13-18(28)20(9-10-32)35-19-5-4-6-22-17(19)12-23(38(22)15-27(29,30)31)26-37-36-25(40-26)14-34-21-8-7-16(41-3)11-24(21)39-2;1-3-2;1-2/h4-8,11-12,18,20,33-35H,9-10,13-15,32H2,1-3H3;3H2,1-2H3;1-2H3. The van der Waals surface area contributed by atoms with Crippen LogP contribution < -0.4 is 26.4 Å². The van der Waals surface area contributed by atoms with Crippen LogP contribution in [0, 0.1) is 0 Å². The second-order valence-corrected chi connectivity index (χ2v) is 10.9. The summed E-state index contributed by atoms with van der Waals surface area (Å²) < 4.78 is 68.2. The Balaban J connectivity index is 0.00000139. The van der Waals surface area contributed by atoms with Gasteiger partial charge in [-0.3, -0.25) is 0 Å². The number of hydrogen-bond acceptors (Lipinski definition) is 9. The van der Waals surface area contributed by atoms with Crippen LogP contribution in [0.3, 0.4) is 0 Å². The van der Waals surface area contributed by atoms with Gasteiger partial charge in [-0.1, -0.05) is 40.2 Å². The van der Waals surface area contributed by atoms with E-state index in [-0.39, 0.29) is 42.6 Å². The molecule has 2 heterocycles. The second kappa shape index (κ2) is 19.2. The molecule has 9 nitrogen and oxygen atoms in total. The van der Waals surface area contributed by atoms with Crippen molar-refractivity contribution in [1.29, 1.82) is 0 Å². The molecule has 0 fully saturated rings. The number of anilines is 2. The molecule has 0 bridgehead atoms. The van der Waals surface area contributed by atoms with E-state index in [2.05, 4.69) is 40.0 Å². The van der Waals surface area contributed by atoms with Crippen LogP contribution in [-0.2, 0) is 13.1 Å². The number of alkyl halides is 4. The predicted molar refractivity (Wildman–Crippen MR) is 181 cm³/mol. The summed E-state index contributed by atoms with van der Waals surface area (Å²) in [6.45, 7) is 7.44. The minimum absolute atomic E-state index is 0.0741. The van der Waals surface area contributed by atoms with Gasteiger partial charge in [-0.15, -0.1) is 22.0 Å². The highest BCUT2D eigenvalue weighted by Crippen LogP contribution is 2.35. The molecule has 0 aliphatic carbocycles. The molecule has 0 aliphatic rings. The van der Waals surface area contributed by atoms with Crippen molar-refractivity contribution < 1.29 is 26.7 Å². The molecule has 5 N–H and O–H groups in total. The van der Waals surface area contributed by atoms with Crippen molar-refractivity contribution in [2.24, 2.45) is 5.73 Å². The minimum Gasteiger partial charge on any atom is -0.495 e. The number of ether oxygens (including phenoxy) is 1. The SMILES string of the molecule is CC.CCC.CNCC(F)C(CCN)Nc1cccc2c1cc(-c1nnc(CNc3ccc(SC)cc3OC)o1)n2CC(F)(F)F. The zero-order valence-electron chi connectivity index (χ0n) is 27.6. The highest BCUT2D eigenvalue weighted by atomic mass is 32.2. The van der Waals surface area contributed by atoms with E-state index in [1.807, 2.05) is 38.3 Å². The molecule has 0 saturated heterocycles. The number of benzene rings is 2. The molecule has 0 spiro atoms. The van der Waals surface area contributed by atoms with Gasteiger partial charge in [0.2, 0.25) is 5.89 Å². The summed E-state index contributed by atoms with van der Waals surface area (Å²) in [6.07, 6.45) is -2.25. The third-order valence-electron chi connectivity index (χ3n) is 6.46. The largest absolute Gasteiger partial charge is 0.495 e. The van der Waals surface area contributed by atoms with E-state index in [1.54, 1.807) is 50.2 Å². The van der Waals surface area contributed by atoms with Crippen molar-refractivity contribution in [2.45, 2.75) is 76.9 Å². The highest BCUT2D eigenvalue weighted by Gasteiger charge is 2.32. The molecule has 2 aromatic heterocycles. The molecule has 0 aliphatic heterocycles. The van der Waals surface area contributed by atoms with Gasteiger partial charge in [0.25, 0.3) is 5.89 Å². The summed E-state index contributed by atoms with van der Waals surface area (Å²) in [7, 11) is 3.20. The smallest absolute Gasteiger partial charge is 0.406 e. The average molecular weight is 670 g/mol. The number of fused-ring (bicyclic) bond motifs is 1. The van der Waals surface area contributed by atoms with E-state index in [4.69, 9.17) is 14.9 Å². The molecule has 4 aromatic rings. The number of methoxy groups -OCH3 is 1. The first-order valence-corrected chi connectivity index (χ1v) is 16.5. The van der Waals surface area contributed by atoms with Gasteiger partial charge in [-0.05, 0) is 62.7 Å². The number of aromatic nitrogens is 3. The summed E-state index contributed by atoms with van der Waals surface area (Å²) in [5.74, 6) is 0.726. The summed E-state index contributed by atoms with van der Waals surface area (Å²) in [5, 5.41) is 17.6. The van der Waals surface area contributed by atoms with Crippen molar-refractivity contribution in [1.82, 2.24) is 20.1 Å². The lowest BCUT2D eigenvalue weighted by Gasteiger charge is -2.23. The zero-order valence-corrected chi connectivity index (χ0v) is 28.4. The fourth-order valence-corrected chi connectivity index (χ4v) is 4.97. The van der Waals surface area contributed by atoms with Crippen LogP contribution in [0.2, 0.25) is 0 Å². The van der Waals surface area contributed by atoms with Crippen molar-refractivity contribution >= 4 is 34.0 Å². The van der Waals surface area contributed by atoms with Crippen LogP contribution in [0.25, 0.3) is 22.5 Å². The van der Waals surface area contributed by atoms with Gasteiger partial charge in [0.1, 0.15) is 24.2 Å². The summed E-state index contributed by atoms with van der Waals surface area (Å²) in [4.78, 5) is 1.03. The van der Waals surface area contributed by atoms with Gasteiger partial charge in [0.05, 0.1) is 30.9 Å². The molecule has 0 saturated carbocycles. The maximum Gasteiger partial charge on any atom is 0.406 e. The second-order valence-electron chi connectivity index (χ2n) is 10.00. The minimum atomic E-state index is -4.52. The van der Waals surface area contributed by atoms with Crippen LogP contribution in [0.15, 0.2) is 51.8 Å². The Kier molecular flexibility index (Phi) is 16.2. The lowest BCUT2D eigenvalue weighted by atomic mass is 10.1. The molecule has 46 heavy (non-hydrogen) atoms. The fourth-order valence-electron chi connectivity index (χ4n) is 4.54. The van der Waals surface area contributed by atoms with Crippen LogP contribution in [0.4, 0.5) is 28.9 Å². The molecular weight excluding hydrogens is 622 g/mol. The number of halogens is 4. The average Bonchev–Trinajstić information content (AvgIpc) is 3.65. The Morgan fingerprint density at radius 1 is 1.09 bits per heavy atom. The third-order valence-corrected chi connectivity index (χ3v) is 7.19. The number of nitrogens with one attached hydrogen (secondary N) is 3. The number of nitrogens with two attached hydrogens (primary N) is 1. The fraction of sp³-hybridized carbons (Fsp3) is 0.500. The van der Waals surface area contributed by atoms with E-state index in [9.17, 15) is 17.6 Å². The number of thioether (sulfide) groups is 1. The maximum absolute atomic E-state index is 14.8. The molecule has 14 heteroatoms. The molecule has 4 rings (SSSR count). The van der Waals surface area contributed by atoms with E-state index in [1.165, 1.54) is 6.42 Å². The van der Waals surface area contributed by atoms with Crippen LogP contribution in [0.5, 0.6) is 5.75 Å². The molecular formula is C32H47F4N7O2S. The predicted octanol–water partition coefficient (Wildman–Crippen LogP) is 7.73. The van der Waals surface area contributed by atoms with Crippen molar-refractivity contribution in [3.8, 4) is 17.3 Å².